The van der Waals surface area contributed by atoms with Crippen molar-refractivity contribution >= 4 is 23.2 Å². The SMILES string of the molecule is CCC(C)=NNC(=O)CCCC(=O)NN=C(C)CC. The van der Waals surface area contributed by atoms with E-state index in [9.17, 15) is 9.59 Å². The quantitative estimate of drug-likeness (QED) is 0.521. The van der Waals surface area contributed by atoms with Crippen LogP contribution in [0.3, 0.4) is 0 Å². The van der Waals surface area contributed by atoms with Crippen LogP contribution in [0.1, 0.15) is 59.8 Å². The molecule has 0 aliphatic carbocycles. The van der Waals surface area contributed by atoms with Gasteiger partial charge in [0.1, 0.15) is 0 Å². The second kappa shape index (κ2) is 10.2. The van der Waals surface area contributed by atoms with E-state index < -0.39 is 0 Å². The van der Waals surface area contributed by atoms with Gasteiger partial charge >= 0.3 is 0 Å². The van der Waals surface area contributed by atoms with Crippen molar-refractivity contribution in [3.05, 3.63) is 0 Å². The van der Waals surface area contributed by atoms with Crippen LogP contribution in [0, 0.1) is 0 Å². The third-order valence-electron chi connectivity index (χ3n) is 2.57. The van der Waals surface area contributed by atoms with E-state index in [1.54, 1.807) is 0 Å². The van der Waals surface area contributed by atoms with Crippen molar-refractivity contribution < 1.29 is 9.59 Å². The van der Waals surface area contributed by atoms with Crippen molar-refractivity contribution in [2.75, 3.05) is 0 Å². The van der Waals surface area contributed by atoms with Gasteiger partial charge in [0.05, 0.1) is 0 Å². The summed E-state index contributed by atoms with van der Waals surface area (Å²) in [5.74, 6) is -0.345. The summed E-state index contributed by atoms with van der Waals surface area (Å²) < 4.78 is 0. The predicted molar refractivity (Wildman–Crippen MR) is 76.9 cm³/mol. The Morgan fingerprint density at radius 2 is 1.21 bits per heavy atom. The first kappa shape index (κ1) is 17.3. The Morgan fingerprint density at radius 1 is 0.842 bits per heavy atom. The molecule has 0 aliphatic heterocycles. The number of nitrogens with zero attached hydrogens (tertiary/aromatic N) is 2. The topological polar surface area (TPSA) is 82.9 Å². The highest BCUT2D eigenvalue weighted by molar-refractivity contribution is 5.85. The van der Waals surface area contributed by atoms with E-state index in [2.05, 4.69) is 21.1 Å². The fraction of sp³-hybridized carbons (Fsp3) is 0.692. The normalized spacial score (nSPS) is 12.2. The van der Waals surface area contributed by atoms with Crippen LogP contribution in [0.25, 0.3) is 0 Å². The summed E-state index contributed by atoms with van der Waals surface area (Å²) >= 11 is 0. The molecule has 2 amide bonds. The maximum Gasteiger partial charge on any atom is 0.240 e. The van der Waals surface area contributed by atoms with Crippen LogP contribution in [0.5, 0.6) is 0 Å². The molecule has 0 radical (unpaired) electrons. The van der Waals surface area contributed by atoms with Gasteiger partial charge in [0, 0.05) is 24.3 Å². The smallest absolute Gasteiger partial charge is 0.240 e. The zero-order valence-corrected chi connectivity index (χ0v) is 12.2. The van der Waals surface area contributed by atoms with Crippen LogP contribution in [-0.4, -0.2) is 23.2 Å². The van der Waals surface area contributed by atoms with Gasteiger partial charge < -0.3 is 0 Å². The first-order valence-electron chi connectivity index (χ1n) is 6.63. The van der Waals surface area contributed by atoms with Gasteiger partial charge in [0.15, 0.2) is 0 Å². The number of hydrogen-bond acceptors (Lipinski definition) is 4. The molecule has 0 saturated heterocycles. The molecule has 6 heteroatoms. The first-order chi connectivity index (χ1) is 8.99. The van der Waals surface area contributed by atoms with Crippen molar-refractivity contribution in [2.24, 2.45) is 10.2 Å². The van der Waals surface area contributed by atoms with Crippen molar-refractivity contribution in [3.8, 4) is 0 Å². The maximum atomic E-state index is 11.4. The van der Waals surface area contributed by atoms with E-state index in [4.69, 9.17) is 0 Å². The third kappa shape index (κ3) is 9.93. The number of nitrogens with one attached hydrogen (secondary N) is 2. The first-order valence-corrected chi connectivity index (χ1v) is 6.63. The molecule has 0 aromatic carbocycles. The van der Waals surface area contributed by atoms with Crippen LogP contribution in [0.15, 0.2) is 10.2 Å². The van der Waals surface area contributed by atoms with Crippen molar-refractivity contribution in [2.45, 2.75) is 59.8 Å². The van der Waals surface area contributed by atoms with Crippen LogP contribution < -0.4 is 10.9 Å². The predicted octanol–water partition coefficient (Wildman–Crippen LogP) is 1.96. The van der Waals surface area contributed by atoms with Gasteiger partial charge in [0.25, 0.3) is 0 Å². The summed E-state index contributed by atoms with van der Waals surface area (Å²) in [6.45, 7) is 7.63. The highest BCUT2D eigenvalue weighted by atomic mass is 16.2. The summed E-state index contributed by atoms with van der Waals surface area (Å²) in [5, 5.41) is 7.81. The molecule has 0 atom stereocenters. The molecule has 108 valence electrons. The molecule has 0 rings (SSSR count). The van der Waals surface area contributed by atoms with E-state index in [0.717, 1.165) is 24.3 Å². The molecule has 0 saturated carbocycles. The highest BCUT2D eigenvalue weighted by Gasteiger charge is 2.04. The minimum atomic E-state index is -0.172. The van der Waals surface area contributed by atoms with E-state index in [0.29, 0.717) is 6.42 Å². The highest BCUT2D eigenvalue weighted by Crippen LogP contribution is 1.96. The number of carbonyl (C=O) groups excluding carboxylic acids is 2. The van der Waals surface area contributed by atoms with Gasteiger partial charge in [-0.3, -0.25) is 9.59 Å². The molecular formula is C13H24N4O2. The average Bonchev–Trinajstić information content (AvgIpc) is 2.41. The Hall–Kier alpha value is -1.72. The van der Waals surface area contributed by atoms with Crippen LogP contribution in [-0.2, 0) is 9.59 Å². The number of amides is 2. The standard InChI is InChI=1S/C13H24N4O2/c1-5-10(3)14-16-12(18)8-7-9-13(19)17-15-11(4)6-2/h5-9H2,1-4H3,(H,16,18)(H,17,19). The fourth-order valence-corrected chi connectivity index (χ4v) is 0.995. The van der Waals surface area contributed by atoms with Gasteiger partial charge in [-0.1, -0.05) is 13.8 Å². The van der Waals surface area contributed by atoms with E-state index in [1.165, 1.54) is 0 Å². The second-order valence-electron chi connectivity index (χ2n) is 4.32. The van der Waals surface area contributed by atoms with Crippen molar-refractivity contribution in [1.82, 2.24) is 10.9 Å². The Morgan fingerprint density at radius 3 is 1.53 bits per heavy atom. The minimum Gasteiger partial charge on any atom is -0.273 e. The lowest BCUT2D eigenvalue weighted by Gasteiger charge is -2.02. The molecule has 2 N–H and O–H groups in total. The van der Waals surface area contributed by atoms with Gasteiger partial charge in [-0.05, 0) is 33.1 Å². The molecule has 0 bridgehead atoms. The van der Waals surface area contributed by atoms with E-state index in [1.807, 2.05) is 27.7 Å². The summed E-state index contributed by atoms with van der Waals surface area (Å²) in [5.41, 5.74) is 6.65. The zero-order valence-electron chi connectivity index (χ0n) is 12.2. The lowest BCUT2D eigenvalue weighted by Crippen LogP contribution is -2.21. The van der Waals surface area contributed by atoms with Crippen molar-refractivity contribution in [3.63, 3.8) is 0 Å². The zero-order chi connectivity index (χ0) is 14.7. The van der Waals surface area contributed by atoms with Gasteiger partial charge in [-0.15, -0.1) is 0 Å². The second-order valence-corrected chi connectivity index (χ2v) is 4.32. The summed E-state index contributed by atoms with van der Waals surface area (Å²) in [6, 6.07) is 0. The Bertz CT molecular complexity index is 328. The Balaban J connectivity index is 3.79. The molecule has 0 unspecified atom stereocenters. The molecule has 6 nitrogen and oxygen atoms in total. The average molecular weight is 268 g/mol. The van der Waals surface area contributed by atoms with E-state index >= 15 is 0 Å². The largest absolute Gasteiger partial charge is 0.273 e. The molecule has 0 spiro atoms. The van der Waals surface area contributed by atoms with Crippen LogP contribution in [0.2, 0.25) is 0 Å². The molecule has 0 fully saturated rings. The minimum absolute atomic E-state index is 0.172. The molecule has 0 heterocycles. The summed E-state index contributed by atoms with van der Waals surface area (Å²) in [6.07, 6.45) is 2.66. The van der Waals surface area contributed by atoms with Crippen molar-refractivity contribution in [1.29, 1.82) is 0 Å². The maximum absolute atomic E-state index is 11.4. The number of hydrazone groups is 2. The Kier molecular flexibility index (Phi) is 9.30. The molecule has 0 aromatic heterocycles. The van der Waals surface area contributed by atoms with E-state index in [-0.39, 0.29) is 24.7 Å². The third-order valence-corrected chi connectivity index (χ3v) is 2.57. The van der Waals surface area contributed by atoms with Gasteiger partial charge in [-0.25, -0.2) is 10.9 Å². The van der Waals surface area contributed by atoms with Crippen LogP contribution >= 0.6 is 0 Å². The molecule has 19 heavy (non-hydrogen) atoms. The molecule has 0 aromatic rings. The molecule has 0 aliphatic rings. The lowest BCUT2D eigenvalue weighted by molar-refractivity contribution is -0.122. The van der Waals surface area contributed by atoms with Gasteiger partial charge in [0.2, 0.25) is 11.8 Å². The Labute approximate surface area is 114 Å². The monoisotopic (exact) mass is 268 g/mol. The van der Waals surface area contributed by atoms with Crippen LogP contribution in [0.4, 0.5) is 0 Å². The fourth-order valence-electron chi connectivity index (χ4n) is 0.995. The van der Waals surface area contributed by atoms with Gasteiger partial charge in [-0.2, -0.15) is 10.2 Å². The molecular weight excluding hydrogens is 244 g/mol. The number of hydrogen-bond donors (Lipinski definition) is 2. The summed E-state index contributed by atoms with van der Waals surface area (Å²) in [7, 11) is 0. The number of carbonyl (C=O) groups is 2. The lowest BCUT2D eigenvalue weighted by atomic mass is 10.2. The summed E-state index contributed by atoms with van der Waals surface area (Å²) in [4.78, 5) is 22.8. The number of rotatable bonds is 8.